The first-order valence-electron chi connectivity index (χ1n) is 13.6. The molecule has 11 nitrogen and oxygen atoms in total. The molecule has 1 aromatic carbocycles. The number of rotatable bonds is 5. The lowest BCUT2D eigenvalue weighted by Gasteiger charge is -2.23. The van der Waals surface area contributed by atoms with Crippen LogP contribution in [0.15, 0.2) is 53.3 Å². The quantitative estimate of drug-likeness (QED) is 0.484. The van der Waals surface area contributed by atoms with Crippen molar-refractivity contribution in [3.8, 4) is 0 Å². The van der Waals surface area contributed by atoms with Crippen LogP contribution in [0.4, 0.5) is 0 Å². The molecule has 3 heterocycles. The minimum Gasteiger partial charge on any atom is -0.478 e. The summed E-state index contributed by atoms with van der Waals surface area (Å²) in [6, 6.07) is 14.2. The molecular weight excluding hydrogens is 516 g/mol. The van der Waals surface area contributed by atoms with Gasteiger partial charge in [-0.1, -0.05) is 24.3 Å². The van der Waals surface area contributed by atoms with Crippen LogP contribution in [-0.4, -0.2) is 110 Å². The summed E-state index contributed by atoms with van der Waals surface area (Å²) in [5.41, 5.74) is 2.22. The Bertz CT molecular complexity index is 1250. The Morgan fingerprint density at radius 1 is 0.750 bits per heavy atom. The summed E-state index contributed by atoms with van der Waals surface area (Å²) < 4.78 is 23.2. The van der Waals surface area contributed by atoms with Crippen molar-refractivity contribution in [2.24, 2.45) is 0 Å². The topological polar surface area (TPSA) is 126 Å². The van der Waals surface area contributed by atoms with Gasteiger partial charge < -0.3 is 29.0 Å². The van der Waals surface area contributed by atoms with Crippen molar-refractivity contribution >= 4 is 16.9 Å². The van der Waals surface area contributed by atoms with Crippen molar-refractivity contribution in [1.29, 1.82) is 0 Å². The molecule has 3 aromatic rings. The average Bonchev–Trinajstić information content (AvgIpc) is 2.94. The van der Waals surface area contributed by atoms with E-state index < -0.39 is 5.97 Å². The number of nitrogens with zero attached hydrogens (tertiary/aromatic N) is 3. The van der Waals surface area contributed by atoms with E-state index in [4.69, 9.17) is 18.9 Å². The van der Waals surface area contributed by atoms with Gasteiger partial charge in [0.15, 0.2) is 0 Å². The number of carbonyl (C=O) groups is 1. The molecule has 0 saturated carbocycles. The Balaban J connectivity index is 1.29. The number of ether oxygens (including phenoxy) is 4. The molecule has 216 valence electrons. The number of carboxylic acids is 1. The number of aromatic nitrogens is 2. The lowest BCUT2D eigenvalue weighted by Crippen LogP contribution is -2.33. The van der Waals surface area contributed by atoms with Gasteiger partial charge in [0.05, 0.1) is 69.6 Å². The maximum absolute atomic E-state index is 11.7. The van der Waals surface area contributed by atoms with Crippen LogP contribution >= 0.6 is 0 Å². The van der Waals surface area contributed by atoms with Crippen LogP contribution < -0.4 is 5.56 Å². The third kappa shape index (κ3) is 9.77. The number of para-hydroxylation sites is 1. The van der Waals surface area contributed by atoms with Crippen molar-refractivity contribution in [3.63, 3.8) is 0 Å². The number of benzene rings is 1. The molecule has 1 aliphatic heterocycles. The predicted molar refractivity (Wildman–Crippen MR) is 150 cm³/mol. The Labute approximate surface area is 233 Å². The number of aromatic carboxylic acids is 1. The zero-order chi connectivity index (χ0) is 28.0. The SMILES string of the molecule is O=C(O)c1cccc2ccc(CN3CCOCCOCCN(Cc4cccc(=O)[nH]4)CCOCCOCC3)nc12. The van der Waals surface area contributed by atoms with Crippen molar-refractivity contribution in [2.45, 2.75) is 13.1 Å². The fourth-order valence-electron chi connectivity index (χ4n) is 4.46. The summed E-state index contributed by atoms with van der Waals surface area (Å²) in [4.78, 5) is 35.2. The Morgan fingerprint density at radius 2 is 1.32 bits per heavy atom. The second-order valence-corrected chi connectivity index (χ2v) is 9.53. The van der Waals surface area contributed by atoms with Gasteiger partial charge in [-0.05, 0) is 18.2 Å². The lowest BCUT2D eigenvalue weighted by atomic mass is 10.1. The van der Waals surface area contributed by atoms with Crippen molar-refractivity contribution in [3.05, 3.63) is 75.8 Å². The van der Waals surface area contributed by atoms with Crippen LogP contribution in [0, 0.1) is 0 Å². The predicted octanol–water partition coefficient (Wildman–Crippen LogP) is 2.01. The average molecular weight is 555 g/mol. The number of hydrogen-bond acceptors (Lipinski definition) is 9. The van der Waals surface area contributed by atoms with Gasteiger partial charge in [-0.15, -0.1) is 0 Å². The normalized spacial score (nSPS) is 18.2. The summed E-state index contributed by atoms with van der Waals surface area (Å²) in [5.74, 6) is -0.988. The van der Waals surface area contributed by atoms with E-state index in [0.29, 0.717) is 97.6 Å². The molecule has 11 heteroatoms. The van der Waals surface area contributed by atoms with E-state index in [1.807, 2.05) is 24.3 Å². The van der Waals surface area contributed by atoms with Gasteiger partial charge in [-0.3, -0.25) is 19.6 Å². The van der Waals surface area contributed by atoms with E-state index in [-0.39, 0.29) is 11.1 Å². The first-order valence-corrected chi connectivity index (χ1v) is 13.6. The molecule has 0 radical (unpaired) electrons. The van der Waals surface area contributed by atoms with Crippen LogP contribution in [0.1, 0.15) is 21.7 Å². The monoisotopic (exact) mass is 554 g/mol. The van der Waals surface area contributed by atoms with Crippen molar-refractivity contribution in [2.75, 3.05) is 79.0 Å². The number of H-pyrrole nitrogens is 1. The van der Waals surface area contributed by atoms with Gasteiger partial charge in [0.1, 0.15) is 0 Å². The van der Waals surface area contributed by atoms with Crippen LogP contribution in [0.5, 0.6) is 0 Å². The molecule has 0 spiro atoms. The Hall–Kier alpha value is -3.19. The van der Waals surface area contributed by atoms with Crippen LogP contribution in [0.3, 0.4) is 0 Å². The largest absolute Gasteiger partial charge is 0.478 e. The van der Waals surface area contributed by atoms with Gasteiger partial charge in [-0.2, -0.15) is 0 Å². The van der Waals surface area contributed by atoms with Gasteiger partial charge >= 0.3 is 5.97 Å². The highest BCUT2D eigenvalue weighted by Gasteiger charge is 2.13. The smallest absolute Gasteiger partial charge is 0.337 e. The van der Waals surface area contributed by atoms with Crippen LogP contribution in [0.2, 0.25) is 0 Å². The molecule has 1 saturated heterocycles. The zero-order valence-corrected chi connectivity index (χ0v) is 22.8. The van der Waals surface area contributed by atoms with Crippen molar-refractivity contribution in [1.82, 2.24) is 19.8 Å². The third-order valence-corrected chi connectivity index (χ3v) is 6.57. The Kier molecular flexibility index (Phi) is 12.0. The molecule has 0 amide bonds. The van der Waals surface area contributed by atoms with Gasteiger partial charge in [0.25, 0.3) is 0 Å². The number of nitrogens with one attached hydrogen (secondary N) is 1. The highest BCUT2D eigenvalue weighted by Crippen LogP contribution is 2.18. The molecular formula is C29H38N4O7. The molecule has 40 heavy (non-hydrogen) atoms. The molecule has 0 aliphatic carbocycles. The molecule has 1 aliphatic rings. The van der Waals surface area contributed by atoms with Gasteiger partial charge in [0.2, 0.25) is 5.56 Å². The maximum atomic E-state index is 11.7. The first kappa shape index (κ1) is 29.8. The minimum absolute atomic E-state index is 0.111. The molecule has 0 atom stereocenters. The van der Waals surface area contributed by atoms with Crippen molar-refractivity contribution < 1.29 is 28.8 Å². The van der Waals surface area contributed by atoms with E-state index in [2.05, 4.69) is 19.8 Å². The van der Waals surface area contributed by atoms with E-state index in [1.54, 1.807) is 18.2 Å². The van der Waals surface area contributed by atoms with Crippen LogP contribution in [0.25, 0.3) is 10.9 Å². The summed E-state index contributed by atoms with van der Waals surface area (Å²) >= 11 is 0. The van der Waals surface area contributed by atoms with Gasteiger partial charge in [-0.25, -0.2) is 4.79 Å². The van der Waals surface area contributed by atoms with Crippen LogP contribution in [-0.2, 0) is 32.0 Å². The number of fused-ring (bicyclic) bond motifs is 1. The number of carboxylic acid groups (broad SMARTS) is 1. The van der Waals surface area contributed by atoms with E-state index in [1.165, 1.54) is 6.07 Å². The maximum Gasteiger partial charge on any atom is 0.337 e. The summed E-state index contributed by atoms with van der Waals surface area (Å²) in [5, 5.41) is 10.3. The van der Waals surface area contributed by atoms with Gasteiger partial charge in [0, 0.05) is 56.4 Å². The lowest BCUT2D eigenvalue weighted by molar-refractivity contribution is 0.00599. The molecule has 2 N–H and O–H groups in total. The molecule has 0 bridgehead atoms. The number of hydrogen-bond donors (Lipinski definition) is 2. The zero-order valence-electron chi connectivity index (χ0n) is 22.8. The standard InChI is InChI=1S/C29H38N4O7/c34-27-6-2-4-24(30-27)21-32-9-13-37-17-19-39-15-11-33(12-16-40-20-18-38-14-10-32)22-25-8-7-23-3-1-5-26(29(35)36)28(23)31-25/h1-8H,9-22H2,(H,30,34)(H,35,36). The fraction of sp³-hybridized carbons (Fsp3) is 0.483. The van der Waals surface area contributed by atoms with E-state index in [0.717, 1.165) is 16.8 Å². The summed E-state index contributed by atoms with van der Waals surface area (Å²) in [6.07, 6.45) is 0. The first-order chi connectivity index (χ1) is 19.6. The Morgan fingerprint density at radius 3 is 1.90 bits per heavy atom. The minimum atomic E-state index is -0.988. The fourth-order valence-corrected chi connectivity index (χ4v) is 4.46. The highest BCUT2D eigenvalue weighted by atomic mass is 16.5. The van der Waals surface area contributed by atoms with E-state index in [9.17, 15) is 14.7 Å². The molecule has 4 rings (SSSR count). The molecule has 2 aromatic heterocycles. The second kappa shape index (κ2) is 16.2. The molecule has 1 fully saturated rings. The third-order valence-electron chi connectivity index (χ3n) is 6.57. The summed E-state index contributed by atoms with van der Waals surface area (Å²) in [7, 11) is 0. The highest BCUT2D eigenvalue weighted by molar-refractivity contribution is 6.01. The number of aromatic amines is 1. The second-order valence-electron chi connectivity index (χ2n) is 9.53. The van der Waals surface area contributed by atoms with E-state index >= 15 is 0 Å². The number of pyridine rings is 2. The molecule has 0 unspecified atom stereocenters. The summed E-state index contributed by atoms with van der Waals surface area (Å²) in [6.45, 7) is 7.96.